The zero-order valence-electron chi connectivity index (χ0n) is 25.5. The summed E-state index contributed by atoms with van der Waals surface area (Å²) in [6, 6.07) is 9.30. The number of β-lactam (4-membered cyclic amide) rings is 1. The van der Waals surface area contributed by atoms with Crippen LogP contribution in [0.25, 0.3) is 5.65 Å². The summed E-state index contributed by atoms with van der Waals surface area (Å²) in [5.41, 5.74) is 13.9. The number of halogens is 1. The zero-order chi connectivity index (χ0) is 33.9. The monoisotopic (exact) mass is 697 g/mol. The van der Waals surface area contributed by atoms with Gasteiger partial charge in [-0.25, -0.2) is 9.36 Å². The molecule has 0 spiro atoms. The number of hydrazine groups is 1. The third kappa shape index (κ3) is 6.34. The summed E-state index contributed by atoms with van der Waals surface area (Å²) in [7, 11) is 2.63. The van der Waals surface area contributed by atoms with Gasteiger partial charge in [0.2, 0.25) is 5.82 Å². The van der Waals surface area contributed by atoms with Gasteiger partial charge in [-0.15, -0.1) is 11.8 Å². The van der Waals surface area contributed by atoms with Crippen LogP contribution in [0.1, 0.15) is 5.56 Å². The third-order valence-corrected chi connectivity index (χ3v) is 9.58. The van der Waals surface area contributed by atoms with Crippen LogP contribution in [0.5, 0.6) is 5.75 Å². The Hall–Kier alpha value is -5.27. The van der Waals surface area contributed by atoms with E-state index in [1.165, 1.54) is 16.7 Å². The van der Waals surface area contributed by atoms with Gasteiger partial charge < -0.3 is 31.1 Å². The number of carbonyl (C=O) groups is 3. The molecule has 1 aromatic carbocycles. The first kappa shape index (κ1) is 32.7. The van der Waals surface area contributed by atoms with Crippen molar-refractivity contribution in [3.8, 4) is 5.75 Å². The third-order valence-electron chi connectivity index (χ3n) is 7.43. The summed E-state index contributed by atoms with van der Waals surface area (Å²) in [5, 5.41) is 10.2. The minimum Gasteiger partial charge on any atom is -0.497 e. The number of hydrogen-bond acceptors (Lipinski definition) is 14. The van der Waals surface area contributed by atoms with Crippen molar-refractivity contribution in [1.29, 1.82) is 0 Å². The molecular weight excluding hydrogens is 668 g/mol. The minimum atomic E-state index is -1.46. The summed E-state index contributed by atoms with van der Waals surface area (Å²) in [5.74, 6) is -3.02. The second-order valence-corrected chi connectivity index (χ2v) is 12.4. The normalized spacial score (nSPS) is 20.9. The molecule has 2 aromatic heterocycles. The lowest BCUT2D eigenvalue weighted by atomic mass is 10.0. The van der Waals surface area contributed by atoms with Crippen molar-refractivity contribution in [2.75, 3.05) is 20.0 Å². The highest BCUT2D eigenvalue weighted by Gasteiger charge is 2.57. The number of esters is 1. The first-order valence-electron chi connectivity index (χ1n) is 14.3. The predicted octanol–water partition coefficient (Wildman–Crippen LogP) is 0.648. The van der Waals surface area contributed by atoms with Gasteiger partial charge in [0.15, 0.2) is 0 Å². The van der Waals surface area contributed by atoms with Crippen LogP contribution in [-0.4, -0.2) is 74.3 Å². The van der Waals surface area contributed by atoms with E-state index in [-0.39, 0.29) is 12.3 Å². The van der Waals surface area contributed by atoms with Gasteiger partial charge in [0.25, 0.3) is 5.91 Å². The number of anilines is 1. The quantitative estimate of drug-likeness (QED) is 0.0545. The van der Waals surface area contributed by atoms with E-state index in [0.29, 0.717) is 34.3 Å². The summed E-state index contributed by atoms with van der Waals surface area (Å²) in [4.78, 5) is 48.6. The van der Waals surface area contributed by atoms with E-state index in [1.807, 2.05) is 16.7 Å². The number of nitrogens with two attached hydrogens (primary N) is 2. The van der Waals surface area contributed by atoms with Crippen LogP contribution in [0.4, 0.5) is 10.2 Å². The van der Waals surface area contributed by atoms with E-state index in [2.05, 4.69) is 25.2 Å². The molecule has 6 rings (SSSR count). The maximum Gasteiger partial charge on any atom is 0.355 e. The Morgan fingerprint density at radius 2 is 2.00 bits per heavy atom. The maximum atomic E-state index is 14.1. The molecule has 3 atom stereocenters. The summed E-state index contributed by atoms with van der Waals surface area (Å²) >= 11 is 2.40. The molecule has 2 amide bonds. The molecule has 3 aliphatic rings. The van der Waals surface area contributed by atoms with Crippen LogP contribution in [-0.2, 0) is 37.1 Å². The number of oxime groups is 1. The number of allylic oxidation sites excluding steroid dienone is 1. The smallest absolute Gasteiger partial charge is 0.355 e. The Morgan fingerprint density at radius 1 is 1.21 bits per heavy atom. The van der Waals surface area contributed by atoms with Gasteiger partial charge >= 0.3 is 23.5 Å². The van der Waals surface area contributed by atoms with E-state index < -0.39 is 40.5 Å². The van der Waals surface area contributed by atoms with Crippen molar-refractivity contribution in [3.05, 3.63) is 89.0 Å². The van der Waals surface area contributed by atoms with E-state index in [0.717, 1.165) is 24.7 Å². The van der Waals surface area contributed by atoms with Crippen LogP contribution >= 0.6 is 23.7 Å². The van der Waals surface area contributed by atoms with Crippen molar-refractivity contribution in [3.63, 3.8) is 0 Å². The number of thioether (sulfide) groups is 1. The average Bonchev–Trinajstić information content (AvgIpc) is 3.77. The number of aromatic nitrogens is 3. The fraction of sp³-hybridized carbons (Fsp3) is 0.241. The van der Waals surface area contributed by atoms with Crippen LogP contribution in [0.2, 0.25) is 0 Å². The predicted molar refractivity (Wildman–Crippen MR) is 173 cm³/mol. The number of nitrogens with one attached hydrogen (secondary N) is 2. The molecule has 0 bridgehead atoms. The standard InChI is InChI=1S/C29H29FN10O6S2/c1-44-17-7-5-16(6-8-17)15-46-29(43)23-18(4-3-12-37-13-10-19(31)40-21(37)9-11-33-40)27(38-14-20(32)48-36-38)47-28-22(26(42)39(23)28)34-25(41)24(30)35-45-2/h3-11,13-14,22,27-28,31,36H,12,15,32H2,1-2H3,(H,34,41)/p+1/t22-,27?,28+/m1/s1. The Balaban J connectivity index is 1.37. The molecule has 6 N–H and O–H groups in total. The largest absolute Gasteiger partial charge is 0.497 e. The molecule has 3 aromatic rings. The first-order chi connectivity index (χ1) is 23.2. The Kier molecular flexibility index (Phi) is 9.42. The van der Waals surface area contributed by atoms with Gasteiger partial charge in [0, 0.05) is 17.8 Å². The molecule has 48 heavy (non-hydrogen) atoms. The van der Waals surface area contributed by atoms with Crippen LogP contribution in [0.3, 0.4) is 0 Å². The molecule has 250 valence electrons. The number of methoxy groups -OCH3 is 1. The van der Waals surface area contributed by atoms with Crippen LogP contribution in [0.15, 0.2) is 88.6 Å². The molecule has 0 aliphatic carbocycles. The summed E-state index contributed by atoms with van der Waals surface area (Å²) in [6.45, 7) is 0.247. The number of hydrogen-bond donors (Lipinski definition) is 4. The van der Waals surface area contributed by atoms with E-state index in [4.69, 9.17) is 20.9 Å². The molecule has 1 fully saturated rings. The summed E-state index contributed by atoms with van der Waals surface area (Å²) < 4.78 is 28.5. The molecule has 5 heterocycles. The Morgan fingerprint density at radius 3 is 2.71 bits per heavy atom. The van der Waals surface area contributed by atoms with Crippen molar-refractivity contribution >= 4 is 58.9 Å². The summed E-state index contributed by atoms with van der Waals surface area (Å²) in [6.07, 6.45) is 8.63. The lowest BCUT2D eigenvalue weighted by Gasteiger charge is -2.52. The molecule has 1 saturated heterocycles. The molecule has 19 heteroatoms. The van der Waals surface area contributed by atoms with Gasteiger partial charge in [-0.2, -0.15) is 9.22 Å². The Labute approximate surface area is 281 Å². The van der Waals surface area contributed by atoms with E-state index in [9.17, 15) is 18.8 Å². The van der Waals surface area contributed by atoms with Crippen molar-refractivity contribution in [1.82, 2.24) is 29.7 Å². The van der Waals surface area contributed by atoms with Gasteiger partial charge in [0.05, 0.1) is 25.6 Å². The highest BCUT2D eigenvalue weighted by atomic mass is 32.2. The van der Waals surface area contributed by atoms with Crippen LogP contribution < -0.4 is 30.9 Å². The van der Waals surface area contributed by atoms with Crippen LogP contribution in [0, 0.1) is 0 Å². The fourth-order valence-electron chi connectivity index (χ4n) is 5.17. The van der Waals surface area contributed by atoms with Crippen molar-refractivity contribution in [2.24, 2.45) is 10.9 Å². The molecule has 16 nitrogen and oxygen atoms in total. The van der Waals surface area contributed by atoms with Gasteiger partial charge in [-0.3, -0.25) is 19.5 Å². The minimum absolute atomic E-state index is 0.0440. The number of nitrogen functional groups attached to an aromatic ring is 1. The number of ether oxygens (including phenoxy) is 2. The molecule has 1 unspecified atom stereocenters. The fourth-order valence-corrected chi connectivity index (χ4v) is 7.29. The molecule has 0 saturated carbocycles. The topological polar surface area (TPSA) is 195 Å². The zero-order valence-corrected chi connectivity index (χ0v) is 27.1. The molecule has 3 aliphatic heterocycles. The lowest BCUT2D eigenvalue weighted by Crippen LogP contribution is -2.72. The molecular formula is C29H30FN10O6S2+. The second kappa shape index (κ2) is 13.8. The number of fused-ring (bicyclic) bond motifs is 2. The first-order valence-corrected chi connectivity index (χ1v) is 16.0. The van der Waals surface area contributed by atoms with Crippen molar-refractivity contribution in [2.45, 2.75) is 29.9 Å². The second-order valence-electron chi connectivity index (χ2n) is 10.4. The average molecular weight is 698 g/mol. The number of carbonyl (C=O) groups excluding carboxylic acids is 3. The number of nitrogens with zero attached hydrogens (tertiary/aromatic N) is 6. The van der Waals surface area contributed by atoms with Crippen molar-refractivity contribution < 1.29 is 37.7 Å². The lowest BCUT2D eigenvalue weighted by molar-refractivity contribution is -0.664. The molecule has 0 radical (unpaired) electrons. The highest BCUT2D eigenvalue weighted by Crippen LogP contribution is 2.47. The van der Waals surface area contributed by atoms with Gasteiger partial charge in [-0.05, 0) is 40.9 Å². The SMILES string of the molecule is CON=C(F)C(=O)N[C@@H]1C(=O)N2C(C(=O)OCc3ccc(OC)cc3)=C(C=CC[n+]3ccc(N)n4nccc43)C(N3C=C(N)SN3)S[C@@H]12. The van der Waals surface area contributed by atoms with E-state index >= 15 is 0 Å². The Bertz CT molecular complexity index is 1880. The highest BCUT2D eigenvalue weighted by molar-refractivity contribution is 8.02. The van der Waals surface area contributed by atoms with Gasteiger partial charge in [-0.1, -0.05) is 27.8 Å². The van der Waals surface area contributed by atoms with Gasteiger partial charge in [0.1, 0.15) is 53.5 Å². The number of benzene rings is 1. The van der Waals surface area contributed by atoms with E-state index in [1.54, 1.807) is 71.6 Å². The maximum absolute atomic E-state index is 14.1. The number of amides is 2. The number of rotatable bonds is 11.